The molecule has 0 saturated carbocycles. The van der Waals surface area contributed by atoms with Gasteiger partial charge in [-0.2, -0.15) is 0 Å². The van der Waals surface area contributed by atoms with Gasteiger partial charge in [0.1, 0.15) is 6.54 Å². The van der Waals surface area contributed by atoms with Gasteiger partial charge in [-0.15, -0.1) is 21.5 Å². The second-order valence-corrected chi connectivity index (χ2v) is 9.08. The van der Waals surface area contributed by atoms with Gasteiger partial charge in [-0.05, 0) is 29.1 Å². The van der Waals surface area contributed by atoms with E-state index in [1.54, 1.807) is 17.4 Å². The summed E-state index contributed by atoms with van der Waals surface area (Å²) in [7, 11) is 0. The van der Waals surface area contributed by atoms with Crippen LogP contribution in [0.4, 0.5) is 11.4 Å². The minimum absolute atomic E-state index is 0.00750. The van der Waals surface area contributed by atoms with E-state index in [4.69, 9.17) is 0 Å². The molecule has 2 amide bonds. The fourth-order valence-electron chi connectivity index (χ4n) is 3.55. The van der Waals surface area contributed by atoms with E-state index >= 15 is 0 Å². The smallest absolute Gasteiger partial charge is 0.244 e. The van der Waals surface area contributed by atoms with Gasteiger partial charge in [0.2, 0.25) is 11.8 Å². The Labute approximate surface area is 193 Å². The van der Waals surface area contributed by atoms with E-state index in [0.717, 1.165) is 16.3 Å². The average Bonchev–Trinajstić information content (AvgIpc) is 3.48. The van der Waals surface area contributed by atoms with Crippen LogP contribution in [0.15, 0.2) is 77.3 Å². The topological polar surface area (TPSA) is 80.1 Å². The third-order valence-corrected chi connectivity index (χ3v) is 6.86. The number of carbonyl (C=O) groups excluding carboxylic acids is 2. The predicted octanol–water partition coefficient (Wildman–Crippen LogP) is 4.13. The normalized spacial score (nSPS) is 13.0. The lowest BCUT2D eigenvalue weighted by Gasteiger charge is -2.29. The number of fused-ring (bicyclic) bond motifs is 1. The molecule has 0 bridgehead atoms. The number of aromatic nitrogens is 3. The molecule has 2 aromatic carbocycles. The van der Waals surface area contributed by atoms with Gasteiger partial charge in [0, 0.05) is 0 Å². The van der Waals surface area contributed by atoms with Crippen molar-refractivity contribution in [3.8, 4) is 10.7 Å². The van der Waals surface area contributed by atoms with Crippen LogP contribution in [-0.4, -0.2) is 38.9 Å². The number of benzene rings is 2. The van der Waals surface area contributed by atoms with Crippen LogP contribution in [0.1, 0.15) is 5.56 Å². The standard InChI is InChI=1S/C23H19N5O2S2/c29-20-14-27(18-10-5-4-9-17(18)24-20)21(30)15-32-23-26-25-22(19-11-6-12-31-19)28(23)13-16-7-2-1-3-8-16/h1-12H,13-15H2,(H,24,29). The zero-order chi connectivity index (χ0) is 21.9. The van der Waals surface area contributed by atoms with Crippen LogP contribution in [0, 0.1) is 0 Å². The molecule has 0 aliphatic carbocycles. The number of para-hydroxylation sites is 2. The van der Waals surface area contributed by atoms with Crippen molar-refractivity contribution in [3.63, 3.8) is 0 Å². The Hall–Kier alpha value is -3.43. The first-order valence-corrected chi connectivity index (χ1v) is 11.9. The average molecular weight is 462 g/mol. The van der Waals surface area contributed by atoms with Gasteiger partial charge in [-0.1, -0.05) is 60.3 Å². The number of thiophene rings is 1. The summed E-state index contributed by atoms with van der Waals surface area (Å²) in [6, 6.07) is 21.4. The highest BCUT2D eigenvalue weighted by atomic mass is 32.2. The molecule has 5 rings (SSSR count). The molecule has 7 nitrogen and oxygen atoms in total. The number of nitrogens with one attached hydrogen (secondary N) is 1. The van der Waals surface area contributed by atoms with Crippen LogP contribution in [0.3, 0.4) is 0 Å². The highest BCUT2D eigenvalue weighted by Crippen LogP contribution is 2.31. The van der Waals surface area contributed by atoms with E-state index in [9.17, 15) is 9.59 Å². The van der Waals surface area contributed by atoms with E-state index < -0.39 is 0 Å². The van der Waals surface area contributed by atoms with E-state index in [1.807, 2.05) is 58.5 Å². The molecule has 2 aromatic heterocycles. The van der Waals surface area contributed by atoms with Crippen molar-refractivity contribution in [3.05, 3.63) is 77.7 Å². The molecule has 3 heterocycles. The molecule has 0 saturated heterocycles. The number of hydrogen-bond donors (Lipinski definition) is 1. The Morgan fingerprint density at radius 2 is 1.84 bits per heavy atom. The SMILES string of the molecule is O=C1CN(C(=O)CSc2nnc(-c3cccs3)n2Cc2ccccc2)c2ccccc2N1. The molecular formula is C23H19N5O2S2. The molecular weight excluding hydrogens is 442 g/mol. The highest BCUT2D eigenvalue weighted by Gasteiger charge is 2.27. The minimum Gasteiger partial charge on any atom is -0.323 e. The summed E-state index contributed by atoms with van der Waals surface area (Å²) in [4.78, 5) is 27.7. The van der Waals surface area contributed by atoms with Crippen LogP contribution >= 0.6 is 23.1 Å². The summed E-state index contributed by atoms with van der Waals surface area (Å²) in [5.41, 5.74) is 2.48. The van der Waals surface area contributed by atoms with Crippen LogP contribution in [0.5, 0.6) is 0 Å². The molecule has 0 spiro atoms. The fraction of sp³-hybridized carbons (Fsp3) is 0.130. The lowest BCUT2D eigenvalue weighted by Crippen LogP contribution is -2.43. The third kappa shape index (κ3) is 4.17. The van der Waals surface area contributed by atoms with Crippen LogP contribution in [0.25, 0.3) is 10.7 Å². The van der Waals surface area contributed by atoms with Crippen molar-refractivity contribution in [1.29, 1.82) is 0 Å². The number of amides is 2. The maximum atomic E-state index is 13.1. The second kappa shape index (κ2) is 8.97. The minimum atomic E-state index is -0.200. The molecule has 0 radical (unpaired) electrons. The van der Waals surface area contributed by atoms with Crippen molar-refractivity contribution >= 4 is 46.3 Å². The maximum Gasteiger partial charge on any atom is 0.244 e. The molecule has 4 aromatic rings. The monoisotopic (exact) mass is 461 g/mol. The molecule has 32 heavy (non-hydrogen) atoms. The third-order valence-electron chi connectivity index (χ3n) is 5.04. The Kier molecular flexibility index (Phi) is 5.74. The zero-order valence-corrected chi connectivity index (χ0v) is 18.6. The van der Waals surface area contributed by atoms with Crippen molar-refractivity contribution in [1.82, 2.24) is 14.8 Å². The van der Waals surface area contributed by atoms with Crippen molar-refractivity contribution in [2.75, 3.05) is 22.5 Å². The first-order chi connectivity index (χ1) is 15.7. The molecule has 160 valence electrons. The van der Waals surface area contributed by atoms with Gasteiger partial charge in [-0.3, -0.25) is 14.2 Å². The first kappa shape index (κ1) is 20.5. The van der Waals surface area contributed by atoms with Gasteiger partial charge in [0.05, 0.1) is 28.5 Å². The van der Waals surface area contributed by atoms with Crippen molar-refractivity contribution < 1.29 is 9.59 Å². The Morgan fingerprint density at radius 3 is 2.66 bits per heavy atom. The summed E-state index contributed by atoms with van der Waals surface area (Å²) in [5.74, 6) is 0.582. The molecule has 9 heteroatoms. The van der Waals surface area contributed by atoms with Gasteiger partial charge in [-0.25, -0.2) is 0 Å². The molecule has 0 atom stereocenters. The van der Waals surface area contributed by atoms with Gasteiger partial charge >= 0.3 is 0 Å². The molecule has 1 aliphatic rings. The van der Waals surface area contributed by atoms with Gasteiger partial charge in [0.25, 0.3) is 0 Å². The second-order valence-electron chi connectivity index (χ2n) is 7.19. The lowest BCUT2D eigenvalue weighted by atomic mass is 10.2. The summed E-state index contributed by atoms with van der Waals surface area (Å²) in [6.45, 7) is 0.611. The Balaban J connectivity index is 1.39. The summed E-state index contributed by atoms with van der Waals surface area (Å²) < 4.78 is 2.04. The van der Waals surface area contributed by atoms with Crippen molar-refractivity contribution in [2.45, 2.75) is 11.7 Å². The van der Waals surface area contributed by atoms with Crippen LogP contribution in [0.2, 0.25) is 0 Å². The maximum absolute atomic E-state index is 13.1. The van der Waals surface area contributed by atoms with Crippen molar-refractivity contribution in [2.24, 2.45) is 0 Å². The summed E-state index contributed by atoms with van der Waals surface area (Å²) in [6.07, 6.45) is 0. The van der Waals surface area contributed by atoms with E-state index in [2.05, 4.69) is 27.6 Å². The number of thioether (sulfide) groups is 1. The lowest BCUT2D eigenvalue weighted by molar-refractivity contribution is -0.120. The first-order valence-electron chi connectivity index (χ1n) is 10.0. The quantitative estimate of drug-likeness (QED) is 0.437. The summed E-state index contributed by atoms with van der Waals surface area (Å²) in [5, 5.41) is 14.3. The Morgan fingerprint density at radius 1 is 1.03 bits per heavy atom. The molecule has 0 unspecified atom stereocenters. The van der Waals surface area contributed by atoms with E-state index in [0.29, 0.717) is 23.1 Å². The molecule has 1 N–H and O–H groups in total. The molecule has 1 aliphatic heterocycles. The van der Waals surface area contributed by atoms with Gasteiger partial charge in [0.15, 0.2) is 11.0 Å². The highest BCUT2D eigenvalue weighted by molar-refractivity contribution is 7.99. The largest absolute Gasteiger partial charge is 0.323 e. The van der Waals surface area contributed by atoms with Gasteiger partial charge < -0.3 is 10.2 Å². The zero-order valence-electron chi connectivity index (χ0n) is 17.0. The number of nitrogens with zero attached hydrogens (tertiary/aromatic N) is 4. The van der Waals surface area contributed by atoms with E-state index in [-0.39, 0.29) is 24.1 Å². The number of carbonyl (C=O) groups is 2. The number of hydrogen-bond acceptors (Lipinski definition) is 6. The predicted molar refractivity (Wildman–Crippen MR) is 127 cm³/mol. The summed E-state index contributed by atoms with van der Waals surface area (Å²) >= 11 is 2.93. The van der Waals surface area contributed by atoms with Crippen LogP contribution in [-0.2, 0) is 16.1 Å². The Bertz CT molecular complexity index is 1250. The molecule has 0 fully saturated rings. The van der Waals surface area contributed by atoms with E-state index in [1.165, 1.54) is 16.7 Å². The number of anilines is 2. The van der Waals surface area contributed by atoms with Crippen LogP contribution < -0.4 is 10.2 Å². The number of rotatable bonds is 6. The fourth-order valence-corrected chi connectivity index (χ4v) is 5.08.